The first-order valence-corrected chi connectivity index (χ1v) is 12.6. The molecule has 10 heteroatoms. The summed E-state index contributed by atoms with van der Waals surface area (Å²) in [6.07, 6.45) is 1.69. The smallest absolute Gasteiger partial charge is 0.355 e. The number of ether oxygens (including phenoxy) is 1. The minimum atomic E-state index is -0.746. The van der Waals surface area contributed by atoms with Crippen LogP contribution >= 0.6 is 0 Å². The van der Waals surface area contributed by atoms with E-state index in [2.05, 4.69) is 20.3 Å². The summed E-state index contributed by atoms with van der Waals surface area (Å²) in [4.78, 5) is 29.4. The number of hydrogen-bond acceptors (Lipinski definition) is 7. The van der Waals surface area contributed by atoms with Gasteiger partial charge >= 0.3 is 5.69 Å². The molecule has 4 heterocycles. The van der Waals surface area contributed by atoms with Crippen LogP contribution in [0.5, 0.6) is 5.75 Å². The molecule has 38 heavy (non-hydrogen) atoms. The summed E-state index contributed by atoms with van der Waals surface area (Å²) >= 11 is 0. The average molecular weight is 521 g/mol. The molecule has 1 aliphatic rings. The van der Waals surface area contributed by atoms with E-state index in [1.807, 2.05) is 32.6 Å². The number of pyridine rings is 2. The first-order valence-electron chi connectivity index (χ1n) is 12.6. The number of halogens is 2. The van der Waals surface area contributed by atoms with Crippen molar-refractivity contribution in [3.05, 3.63) is 69.9 Å². The number of nitrogens with zero attached hydrogens (tertiary/aromatic N) is 5. The fraction of sp³-hybridized carbons (Fsp3) is 0.357. The van der Waals surface area contributed by atoms with E-state index in [0.29, 0.717) is 42.2 Å². The Kier molecular flexibility index (Phi) is 6.83. The summed E-state index contributed by atoms with van der Waals surface area (Å²) in [5.74, 6) is -0.971. The maximum atomic E-state index is 15.8. The molecular formula is C28H30F2N6O2. The third-order valence-corrected chi connectivity index (χ3v) is 6.93. The predicted octanol–water partition coefficient (Wildman–Crippen LogP) is 4.36. The molecule has 3 aromatic heterocycles. The highest BCUT2D eigenvalue weighted by Gasteiger charge is 2.28. The molecule has 1 atom stereocenters. The van der Waals surface area contributed by atoms with Crippen molar-refractivity contribution in [3.63, 3.8) is 0 Å². The van der Waals surface area contributed by atoms with Gasteiger partial charge in [0.15, 0.2) is 11.5 Å². The second kappa shape index (κ2) is 10.1. The first-order chi connectivity index (χ1) is 18.2. The Balaban J connectivity index is 1.92. The molecule has 0 unspecified atom stereocenters. The van der Waals surface area contributed by atoms with E-state index in [4.69, 9.17) is 4.74 Å². The molecule has 5 rings (SSSR count). The summed E-state index contributed by atoms with van der Waals surface area (Å²) in [5.41, 5.74) is 1.23. The fourth-order valence-electron chi connectivity index (χ4n) is 5.05. The van der Waals surface area contributed by atoms with Gasteiger partial charge in [-0.3, -0.25) is 4.98 Å². The molecule has 0 radical (unpaired) electrons. The van der Waals surface area contributed by atoms with Crippen LogP contribution in [-0.2, 0) is 0 Å². The molecule has 0 spiro atoms. The minimum absolute atomic E-state index is 0.00968. The monoisotopic (exact) mass is 520 g/mol. The number of nitrogens with one attached hydrogen (secondary N) is 1. The van der Waals surface area contributed by atoms with Crippen LogP contribution < -0.4 is 20.6 Å². The Labute approximate surface area is 219 Å². The van der Waals surface area contributed by atoms with Gasteiger partial charge in [0, 0.05) is 31.9 Å². The quantitative estimate of drug-likeness (QED) is 0.419. The first kappa shape index (κ1) is 25.7. The van der Waals surface area contributed by atoms with Crippen LogP contribution in [0.2, 0.25) is 0 Å². The van der Waals surface area contributed by atoms with Crippen molar-refractivity contribution in [2.75, 3.05) is 31.6 Å². The van der Waals surface area contributed by atoms with Gasteiger partial charge in [-0.2, -0.15) is 4.98 Å². The highest BCUT2D eigenvalue weighted by Crippen LogP contribution is 2.37. The minimum Gasteiger partial charge on any atom is -0.496 e. The summed E-state index contributed by atoms with van der Waals surface area (Å²) in [6, 6.07) is 7.34. The van der Waals surface area contributed by atoms with Crippen LogP contribution in [0.3, 0.4) is 0 Å². The van der Waals surface area contributed by atoms with Crippen LogP contribution in [0.25, 0.3) is 28.0 Å². The Hall–Kier alpha value is -3.92. The van der Waals surface area contributed by atoms with Crippen molar-refractivity contribution in [1.29, 1.82) is 0 Å². The zero-order valence-corrected chi connectivity index (χ0v) is 22.0. The van der Waals surface area contributed by atoms with E-state index in [1.165, 1.54) is 29.9 Å². The third-order valence-electron chi connectivity index (χ3n) is 6.93. The van der Waals surface area contributed by atoms with Crippen LogP contribution in [0.1, 0.15) is 37.9 Å². The standard InChI is InChI=1S/C28H30F2N6O2/c1-15(2)23-25(16(3)9-10-32-23)36-27-18(26(34-28(36)37)35-12-11-31-14-17(35)4)13-20(30)24(33-27)22-19(29)7-6-8-21(22)38-5/h6-10,13,15,17,31H,11-12,14H2,1-5H3/t17-/m0/s1. The Bertz CT molecular complexity index is 1590. The summed E-state index contributed by atoms with van der Waals surface area (Å²) in [7, 11) is 1.38. The second-order valence-electron chi connectivity index (χ2n) is 9.82. The lowest BCUT2D eigenvalue weighted by Gasteiger charge is -2.35. The third kappa shape index (κ3) is 4.28. The highest BCUT2D eigenvalue weighted by molar-refractivity contribution is 5.91. The van der Waals surface area contributed by atoms with Gasteiger partial charge in [-0.25, -0.2) is 23.1 Å². The van der Waals surface area contributed by atoms with Gasteiger partial charge in [0.25, 0.3) is 0 Å². The summed E-state index contributed by atoms with van der Waals surface area (Å²) in [6.45, 7) is 9.80. The lowest BCUT2D eigenvalue weighted by Crippen LogP contribution is -2.50. The van der Waals surface area contributed by atoms with Crippen LogP contribution in [0, 0.1) is 18.6 Å². The largest absolute Gasteiger partial charge is 0.496 e. The van der Waals surface area contributed by atoms with E-state index in [1.54, 1.807) is 18.3 Å². The van der Waals surface area contributed by atoms with Gasteiger partial charge < -0.3 is 15.0 Å². The number of aromatic nitrogens is 4. The summed E-state index contributed by atoms with van der Waals surface area (Å²) < 4.78 is 37.6. The van der Waals surface area contributed by atoms with E-state index in [0.717, 1.165) is 5.56 Å². The molecule has 1 fully saturated rings. The SMILES string of the molecule is COc1cccc(F)c1-c1nc2c(cc1F)c(N1CCNC[C@@H]1C)nc(=O)n2-c1c(C)ccnc1C(C)C. The van der Waals surface area contributed by atoms with Crippen molar-refractivity contribution in [2.24, 2.45) is 0 Å². The van der Waals surface area contributed by atoms with Crippen LogP contribution in [-0.4, -0.2) is 52.3 Å². The van der Waals surface area contributed by atoms with Gasteiger partial charge in [0.1, 0.15) is 23.1 Å². The lowest BCUT2D eigenvalue weighted by molar-refractivity contribution is 0.413. The van der Waals surface area contributed by atoms with Crippen LogP contribution in [0.15, 0.2) is 41.3 Å². The van der Waals surface area contributed by atoms with Gasteiger partial charge in [-0.1, -0.05) is 19.9 Å². The normalized spacial score (nSPS) is 15.9. The van der Waals surface area contributed by atoms with Crippen molar-refractivity contribution >= 4 is 16.9 Å². The predicted molar refractivity (Wildman–Crippen MR) is 143 cm³/mol. The Morgan fingerprint density at radius 3 is 2.66 bits per heavy atom. The van der Waals surface area contributed by atoms with Gasteiger partial charge in [-0.05, 0) is 49.6 Å². The highest BCUT2D eigenvalue weighted by atomic mass is 19.1. The summed E-state index contributed by atoms with van der Waals surface area (Å²) in [5, 5.41) is 3.67. The van der Waals surface area contributed by atoms with Gasteiger partial charge in [-0.15, -0.1) is 0 Å². The number of benzene rings is 1. The zero-order valence-electron chi connectivity index (χ0n) is 22.0. The molecule has 1 aromatic carbocycles. The molecular weight excluding hydrogens is 490 g/mol. The number of aryl methyl sites for hydroxylation is 1. The molecule has 4 aromatic rings. The number of fused-ring (bicyclic) bond motifs is 1. The Morgan fingerprint density at radius 1 is 1.16 bits per heavy atom. The van der Waals surface area contributed by atoms with E-state index >= 15 is 8.78 Å². The van der Waals surface area contributed by atoms with Crippen molar-refractivity contribution < 1.29 is 13.5 Å². The number of anilines is 1. The van der Waals surface area contributed by atoms with Crippen molar-refractivity contribution in [2.45, 2.75) is 39.7 Å². The van der Waals surface area contributed by atoms with Gasteiger partial charge in [0.05, 0.1) is 29.4 Å². The van der Waals surface area contributed by atoms with E-state index < -0.39 is 17.3 Å². The maximum absolute atomic E-state index is 15.8. The van der Waals surface area contributed by atoms with E-state index in [-0.39, 0.29) is 34.6 Å². The van der Waals surface area contributed by atoms with E-state index in [9.17, 15) is 4.79 Å². The van der Waals surface area contributed by atoms with Crippen molar-refractivity contribution in [3.8, 4) is 22.7 Å². The van der Waals surface area contributed by atoms with Crippen molar-refractivity contribution in [1.82, 2.24) is 24.8 Å². The molecule has 1 saturated heterocycles. The Morgan fingerprint density at radius 2 is 1.95 bits per heavy atom. The average Bonchev–Trinajstić information content (AvgIpc) is 2.89. The maximum Gasteiger partial charge on any atom is 0.355 e. The number of piperazine rings is 1. The molecule has 0 saturated carbocycles. The second-order valence-corrected chi connectivity index (χ2v) is 9.82. The molecule has 0 bridgehead atoms. The number of rotatable bonds is 5. The molecule has 0 amide bonds. The molecule has 1 N–H and O–H groups in total. The molecule has 1 aliphatic heterocycles. The lowest BCUT2D eigenvalue weighted by atomic mass is 10.0. The topological polar surface area (TPSA) is 85.2 Å². The molecule has 0 aliphatic carbocycles. The molecule has 8 nitrogen and oxygen atoms in total. The zero-order chi connectivity index (χ0) is 27.1. The number of methoxy groups -OCH3 is 1. The molecule has 198 valence electrons. The van der Waals surface area contributed by atoms with Gasteiger partial charge in [0.2, 0.25) is 0 Å². The fourth-order valence-corrected chi connectivity index (χ4v) is 5.05. The van der Waals surface area contributed by atoms with Crippen LogP contribution in [0.4, 0.5) is 14.6 Å². The number of hydrogen-bond donors (Lipinski definition) is 1.